The Hall–Kier alpha value is -1.04. The Bertz CT molecular complexity index is 418. The van der Waals surface area contributed by atoms with Gasteiger partial charge in [-0.3, -0.25) is 4.79 Å². The van der Waals surface area contributed by atoms with Gasteiger partial charge in [0.05, 0.1) is 11.4 Å². The zero-order valence-electron chi connectivity index (χ0n) is 10.7. The van der Waals surface area contributed by atoms with Crippen LogP contribution in [0.3, 0.4) is 0 Å². The molecule has 1 aliphatic rings. The number of hydrogen-bond acceptors (Lipinski definition) is 4. The molecule has 0 aromatic heterocycles. The molecule has 4 nitrogen and oxygen atoms in total. The van der Waals surface area contributed by atoms with Crippen molar-refractivity contribution >= 4 is 17.8 Å². The predicted molar refractivity (Wildman–Crippen MR) is 69.9 cm³/mol. The third-order valence-electron chi connectivity index (χ3n) is 2.76. The van der Waals surface area contributed by atoms with Crippen molar-refractivity contribution in [3.05, 3.63) is 35.9 Å². The fraction of sp³-hybridized carbons (Fsp3) is 0.462. The molecule has 2 rings (SSSR count). The molecule has 1 fully saturated rings. The van der Waals surface area contributed by atoms with Gasteiger partial charge >= 0.3 is 0 Å². The van der Waals surface area contributed by atoms with Crippen molar-refractivity contribution in [3.63, 3.8) is 0 Å². The zero-order valence-corrected chi connectivity index (χ0v) is 11.5. The first-order valence-corrected chi connectivity index (χ1v) is 6.92. The molecule has 98 valence electrons. The van der Waals surface area contributed by atoms with Gasteiger partial charge in [-0.05, 0) is 26.3 Å². The summed E-state index contributed by atoms with van der Waals surface area (Å²) in [5.74, 6) is 0. The van der Waals surface area contributed by atoms with Crippen LogP contribution in [0.15, 0.2) is 30.3 Å². The number of carbonyl (C=O) groups excluding carboxylic acids is 1. The fourth-order valence-corrected chi connectivity index (χ4v) is 3.22. The highest BCUT2D eigenvalue weighted by atomic mass is 32.2. The molecular weight excluding hydrogens is 250 g/mol. The first kappa shape index (κ1) is 13.4. The Morgan fingerprint density at radius 3 is 2.44 bits per heavy atom. The number of ether oxygens (including phenoxy) is 1. The minimum atomic E-state index is -1.19. The number of benzene rings is 1. The van der Waals surface area contributed by atoms with E-state index in [1.165, 1.54) is 0 Å². The van der Waals surface area contributed by atoms with E-state index in [4.69, 9.17) is 4.74 Å². The van der Waals surface area contributed by atoms with Gasteiger partial charge in [-0.1, -0.05) is 34.6 Å². The van der Waals surface area contributed by atoms with Crippen LogP contribution in [0.5, 0.6) is 0 Å². The smallest absolute Gasteiger partial charge is 0.294 e. The van der Waals surface area contributed by atoms with Crippen LogP contribution in [-0.2, 0) is 20.9 Å². The molecule has 4 atom stereocenters. The van der Waals surface area contributed by atoms with E-state index in [2.05, 4.69) is 0 Å². The lowest BCUT2D eigenvalue weighted by Gasteiger charge is -2.24. The molecule has 0 N–H and O–H groups in total. The minimum absolute atomic E-state index is 0.101. The molecule has 0 radical (unpaired) electrons. The molecule has 1 aromatic carbocycles. The SMILES string of the molecule is CC(C)(C)[S+]([O-])N1[C@H](OC=O)[C@@H]1c1ccccc1. The first-order valence-electron chi connectivity index (χ1n) is 5.81. The van der Waals surface area contributed by atoms with E-state index in [0.29, 0.717) is 6.47 Å². The number of hydrogen-bond donors (Lipinski definition) is 0. The molecule has 1 heterocycles. The Morgan fingerprint density at radius 1 is 1.33 bits per heavy atom. The zero-order chi connectivity index (χ0) is 13.3. The standard InChI is InChI=1S/C13H17NO3S/c1-13(2,3)18(16)14-11(12(14)17-9-15)10-7-5-4-6-8-10/h4-9,11-12H,1-3H3/t11-,12+,14?,18?/m0/s1. The monoisotopic (exact) mass is 267 g/mol. The summed E-state index contributed by atoms with van der Waals surface area (Å²) in [6, 6.07) is 9.56. The quantitative estimate of drug-likeness (QED) is 0.476. The molecule has 18 heavy (non-hydrogen) atoms. The summed E-state index contributed by atoms with van der Waals surface area (Å²) in [6.07, 6.45) is -0.412. The maximum atomic E-state index is 12.3. The maximum Gasteiger partial charge on any atom is 0.294 e. The van der Waals surface area contributed by atoms with E-state index >= 15 is 0 Å². The van der Waals surface area contributed by atoms with E-state index in [1.54, 1.807) is 4.31 Å². The van der Waals surface area contributed by atoms with Gasteiger partial charge in [0.25, 0.3) is 6.47 Å². The van der Waals surface area contributed by atoms with Gasteiger partial charge < -0.3 is 9.29 Å². The van der Waals surface area contributed by atoms with E-state index in [9.17, 15) is 9.35 Å². The maximum absolute atomic E-state index is 12.3. The van der Waals surface area contributed by atoms with E-state index in [0.717, 1.165) is 5.56 Å². The molecule has 1 saturated heterocycles. The largest absolute Gasteiger partial charge is 0.597 e. The van der Waals surface area contributed by atoms with Crippen LogP contribution in [0.2, 0.25) is 0 Å². The van der Waals surface area contributed by atoms with Gasteiger partial charge in [0, 0.05) is 0 Å². The molecule has 0 bridgehead atoms. The van der Waals surface area contributed by atoms with E-state index in [-0.39, 0.29) is 10.8 Å². The van der Waals surface area contributed by atoms with Crippen LogP contribution in [0.4, 0.5) is 0 Å². The number of carbonyl (C=O) groups is 1. The fourth-order valence-electron chi connectivity index (χ4n) is 1.86. The highest BCUT2D eigenvalue weighted by Crippen LogP contribution is 2.48. The Labute approximate surface area is 110 Å². The average Bonchev–Trinajstić information content (AvgIpc) is 3.02. The summed E-state index contributed by atoms with van der Waals surface area (Å²) < 4.78 is 18.7. The van der Waals surface area contributed by atoms with Crippen molar-refractivity contribution in [2.75, 3.05) is 0 Å². The van der Waals surface area contributed by atoms with Gasteiger partial charge in [0.1, 0.15) is 10.8 Å². The van der Waals surface area contributed by atoms with Crippen molar-refractivity contribution in [1.82, 2.24) is 4.31 Å². The number of rotatable bonds is 4. The van der Waals surface area contributed by atoms with Crippen LogP contribution in [0, 0.1) is 0 Å². The van der Waals surface area contributed by atoms with Crippen molar-refractivity contribution in [1.29, 1.82) is 0 Å². The Morgan fingerprint density at radius 2 is 1.94 bits per heavy atom. The van der Waals surface area contributed by atoms with Crippen molar-refractivity contribution in [2.24, 2.45) is 0 Å². The van der Waals surface area contributed by atoms with Gasteiger partial charge in [-0.25, -0.2) is 0 Å². The second-order valence-electron chi connectivity index (χ2n) is 5.20. The summed E-state index contributed by atoms with van der Waals surface area (Å²) in [5.41, 5.74) is 1.02. The molecule has 0 aliphatic carbocycles. The third-order valence-corrected chi connectivity index (χ3v) is 4.62. The Balaban J connectivity index is 2.18. The highest BCUT2D eigenvalue weighted by Gasteiger charge is 2.62. The van der Waals surface area contributed by atoms with Crippen LogP contribution in [0.25, 0.3) is 0 Å². The summed E-state index contributed by atoms with van der Waals surface area (Å²) >= 11 is -1.19. The predicted octanol–water partition coefficient (Wildman–Crippen LogP) is 2.00. The molecule has 0 saturated carbocycles. The highest BCUT2D eigenvalue weighted by molar-refractivity contribution is 7.90. The molecule has 2 unspecified atom stereocenters. The summed E-state index contributed by atoms with van der Waals surface area (Å²) in [5, 5.41) is 0. The first-order chi connectivity index (χ1) is 8.46. The normalized spacial score (nSPS) is 28.6. The number of nitrogens with zero attached hydrogens (tertiary/aromatic N) is 1. The lowest BCUT2D eigenvalue weighted by molar-refractivity contribution is -0.130. The summed E-state index contributed by atoms with van der Waals surface area (Å²) in [7, 11) is 0. The van der Waals surface area contributed by atoms with Gasteiger partial charge in [-0.2, -0.15) is 0 Å². The van der Waals surface area contributed by atoms with Gasteiger partial charge in [0.2, 0.25) is 6.23 Å². The van der Waals surface area contributed by atoms with Gasteiger partial charge in [-0.15, -0.1) is 0 Å². The topological polar surface area (TPSA) is 52.4 Å². The van der Waals surface area contributed by atoms with Crippen molar-refractivity contribution in [2.45, 2.75) is 37.8 Å². The summed E-state index contributed by atoms with van der Waals surface area (Å²) in [6.45, 7) is 6.13. The summed E-state index contributed by atoms with van der Waals surface area (Å²) in [4.78, 5) is 10.5. The van der Waals surface area contributed by atoms with Crippen molar-refractivity contribution in [3.8, 4) is 0 Å². The third kappa shape index (κ3) is 2.53. The lowest BCUT2D eigenvalue weighted by Crippen LogP contribution is -2.34. The van der Waals surface area contributed by atoms with Crippen LogP contribution in [0.1, 0.15) is 32.4 Å². The minimum Gasteiger partial charge on any atom is -0.597 e. The molecule has 0 spiro atoms. The molecule has 1 aromatic rings. The van der Waals surface area contributed by atoms with Crippen LogP contribution in [-0.4, -0.2) is 26.3 Å². The van der Waals surface area contributed by atoms with Crippen LogP contribution < -0.4 is 0 Å². The lowest BCUT2D eigenvalue weighted by atomic mass is 10.1. The van der Waals surface area contributed by atoms with E-state index in [1.807, 2.05) is 51.1 Å². The molecule has 0 amide bonds. The van der Waals surface area contributed by atoms with Gasteiger partial charge in [0.15, 0.2) is 0 Å². The van der Waals surface area contributed by atoms with Crippen LogP contribution >= 0.6 is 0 Å². The van der Waals surface area contributed by atoms with Crippen molar-refractivity contribution < 1.29 is 14.1 Å². The Kier molecular flexibility index (Phi) is 3.66. The molecule has 1 aliphatic heterocycles. The second kappa shape index (κ2) is 4.91. The van der Waals surface area contributed by atoms with E-state index < -0.39 is 17.6 Å². The second-order valence-corrected chi connectivity index (χ2v) is 7.34. The molecule has 5 heteroatoms. The average molecular weight is 267 g/mol. The molecular formula is C13H17NO3S.